The molecule has 0 fully saturated rings. The van der Waals surface area contributed by atoms with E-state index in [2.05, 4.69) is 24.4 Å². The minimum Gasteiger partial charge on any atom is -0.307 e. The fourth-order valence-corrected chi connectivity index (χ4v) is 2.82. The summed E-state index contributed by atoms with van der Waals surface area (Å²) in [6, 6.07) is 17.3. The summed E-state index contributed by atoms with van der Waals surface area (Å²) in [5, 5.41) is 3.42. The third-order valence-corrected chi connectivity index (χ3v) is 4.31. The van der Waals surface area contributed by atoms with Gasteiger partial charge in [0.25, 0.3) is 0 Å². The first-order valence-electron chi connectivity index (χ1n) is 6.60. The van der Waals surface area contributed by atoms with Gasteiger partial charge in [0.15, 0.2) is 9.84 Å². The van der Waals surface area contributed by atoms with Crippen molar-refractivity contribution in [3.05, 3.63) is 65.7 Å². The number of rotatable bonds is 5. The molecule has 2 aromatic rings. The fraction of sp³-hybridized carbons (Fsp3) is 0.250. The molecule has 0 radical (unpaired) electrons. The normalized spacial score (nSPS) is 13.1. The van der Waals surface area contributed by atoms with E-state index in [1.54, 1.807) is 12.1 Å². The summed E-state index contributed by atoms with van der Waals surface area (Å²) in [5.41, 5.74) is 2.23. The second-order valence-corrected chi connectivity index (χ2v) is 6.76. The van der Waals surface area contributed by atoms with E-state index in [0.717, 1.165) is 12.1 Å². The van der Waals surface area contributed by atoms with Crippen molar-refractivity contribution in [3.8, 4) is 0 Å². The van der Waals surface area contributed by atoms with E-state index in [9.17, 15) is 8.42 Å². The quantitative estimate of drug-likeness (QED) is 0.920. The van der Waals surface area contributed by atoms with Crippen molar-refractivity contribution < 1.29 is 8.42 Å². The molecule has 20 heavy (non-hydrogen) atoms. The van der Waals surface area contributed by atoms with E-state index in [-0.39, 0.29) is 6.04 Å². The van der Waals surface area contributed by atoms with E-state index in [0.29, 0.717) is 4.90 Å². The lowest BCUT2D eigenvalue weighted by atomic mass is 9.99. The zero-order valence-corrected chi connectivity index (χ0v) is 12.5. The van der Waals surface area contributed by atoms with Gasteiger partial charge in [0, 0.05) is 6.26 Å². The molecule has 0 heterocycles. The topological polar surface area (TPSA) is 46.2 Å². The smallest absolute Gasteiger partial charge is 0.175 e. The lowest BCUT2D eigenvalue weighted by Gasteiger charge is -2.19. The van der Waals surface area contributed by atoms with E-state index in [4.69, 9.17) is 0 Å². The Kier molecular flexibility index (Phi) is 4.57. The fourth-order valence-electron chi connectivity index (χ4n) is 2.19. The molecule has 106 valence electrons. The number of hydrogen-bond acceptors (Lipinski definition) is 3. The average molecular weight is 289 g/mol. The van der Waals surface area contributed by atoms with Gasteiger partial charge in [-0.3, -0.25) is 0 Å². The summed E-state index contributed by atoms with van der Waals surface area (Å²) in [5.74, 6) is 0. The maximum Gasteiger partial charge on any atom is 0.175 e. The van der Waals surface area contributed by atoms with Crippen LogP contribution in [0.2, 0.25) is 0 Å². The van der Waals surface area contributed by atoms with E-state index in [1.807, 2.05) is 30.3 Å². The first-order valence-corrected chi connectivity index (χ1v) is 8.50. The maximum absolute atomic E-state index is 11.5. The second kappa shape index (κ2) is 6.20. The van der Waals surface area contributed by atoms with E-state index >= 15 is 0 Å². The third kappa shape index (κ3) is 3.46. The molecule has 0 spiro atoms. The molecule has 0 aliphatic carbocycles. The van der Waals surface area contributed by atoms with Crippen molar-refractivity contribution in [2.75, 3.05) is 12.8 Å². The highest BCUT2D eigenvalue weighted by atomic mass is 32.2. The lowest BCUT2D eigenvalue weighted by molar-refractivity contribution is 0.601. The molecular formula is C16H19NO2S. The molecule has 3 nitrogen and oxygen atoms in total. The Morgan fingerprint density at radius 1 is 0.950 bits per heavy atom. The van der Waals surface area contributed by atoms with Crippen LogP contribution >= 0.6 is 0 Å². The molecule has 0 saturated carbocycles. The van der Waals surface area contributed by atoms with Gasteiger partial charge in [0.05, 0.1) is 10.9 Å². The van der Waals surface area contributed by atoms with Gasteiger partial charge < -0.3 is 5.32 Å². The number of hydrogen-bond donors (Lipinski definition) is 1. The first kappa shape index (κ1) is 14.8. The van der Waals surface area contributed by atoms with Crippen LogP contribution in [0.25, 0.3) is 0 Å². The zero-order valence-electron chi connectivity index (χ0n) is 11.7. The molecular weight excluding hydrogens is 270 g/mol. The van der Waals surface area contributed by atoms with E-state index in [1.165, 1.54) is 11.8 Å². The maximum atomic E-state index is 11.5. The van der Waals surface area contributed by atoms with Crippen LogP contribution in [0, 0.1) is 0 Å². The summed E-state index contributed by atoms with van der Waals surface area (Å²) in [4.78, 5) is 0.351. The lowest BCUT2D eigenvalue weighted by Crippen LogP contribution is -2.21. The Morgan fingerprint density at radius 3 is 2.00 bits per heavy atom. The summed E-state index contributed by atoms with van der Waals surface area (Å²) in [7, 11) is -3.14. The molecule has 4 heteroatoms. The van der Waals surface area contributed by atoms with Crippen LogP contribution in [0.4, 0.5) is 0 Å². The Labute approximate surface area is 120 Å². The summed E-state index contributed by atoms with van der Waals surface area (Å²) in [6.07, 6.45) is 1.22. The number of sulfone groups is 1. The average Bonchev–Trinajstić information content (AvgIpc) is 2.45. The molecule has 0 aliphatic heterocycles. The molecule has 0 bridgehead atoms. The van der Waals surface area contributed by atoms with Gasteiger partial charge in [0.1, 0.15) is 0 Å². The van der Waals surface area contributed by atoms with Crippen molar-refractivity contribution in [3.63, 3.8) is 0 Å². The summed E-state index contributed by atoms with van der Waals surface area (Å²) < 4.78 is 23.0. The van der Waals surface area contributed by atoms with Gasteiger partial charge in [-0.2, -0.15) is 0 Å². The van der Waals surface area contributed by atoms with Crippen molar-refractivity contribution in [1.29, 1.82) is 0 Å². The highest BCUT2D eigenvalue weighted by Gasteiger charge is 2.14. The second-order valence-electron chi connectivity index (χ2n) is 4.74. The first-order chi connectivity index (χ1) is 9.52. The van der Waals surface area contributed by atoms with Gasteiger partial charge in [-0.15, -0.1) is 0 Å². The minimum absolute atomic E-state index is 0.0785. The van der Waals surface area contributed by atoms with Crippen LogP contribution < -0.4 is 5.32 Å². The standard InChI is InChI=1S/C16H19NO2S/c1-3-17-16(13-7-5-4-6-8-13)14-9-11-15(12-10-14)20(2,18)19/h4-12,16-17H,3H2,1-2H3. The van der Waals surface area contributed by atoms with Gasteiger partial charge >= 0.3 is 0 Å². The minimum atomic E-state index is -3.14. The molecule has 0 aliphatic rings. The molecule has 1 N–H and O–H groups in total. The van der Waals surface area contributed by atoms with Crippen molar-refractivity contribution >= 4 is 9.84 Å². The van der Waals surface area contributed by atoms with Crippen LogP contribution in [0.1, 0.15) is 24.1 Å². The Hall–Kier alpha value is -1.65. The predicted molar refractivity (Wildman–Crippen MR) is 81.5 cm³/mol. The summed E-state index contributed by atoms with van der Waals surface area (Å²) >= 11 is 0. The SMILES string of the molecule is CCNC(c1ccccc1)c1ccc(S(C)(=O)=O)cc1. The largest absolute Gasteiger partial charge is 0.307 e. The molecule has 0 aromatic heterocycles. The Balaban J connectivity index is 2.36. The molecule has 1 atom stereocenters. The number of nitrogens with one attached hydrogen (secondary N) is 1. The van der Waals surface area contributed by atoms with Crippen molar-refractivity contribution in [1.82, 2.24) is 5.32 Å². The van der Waals surface area contributed by atoms with Crippen molar-refractivity contribution in [2.24, 2.45) is 0 Å². The number of benzene rings is 2. The van der Waals surface area contributed by atoms with Crippen LogP contribution in [-0.2, 0) is 9.84 Å². The Bertz CT molecular complexity index is 649. The van der Waals surface area contributed by atoms with Gasteiger partial charge in [-0.1, -0.05) is 49.4 Å². The Morgan fingerprint density at radius 2 is 1.50 bits per heavy atom. The molecule has 1 unspecified atom stereocenters. The van der Waals surface area contributed by atoms with Crippen LogP contribution in [0.5, 0.6) is 0 Å². The predicted octanol–water partition coefficient (Wildman–Crippen LogP) is 2.79. The molecule has 0 amide bonds. The van der Waals surface area contributed by atoms with E-state index < -0.39 is 9.84 Å². The van der Waals surface area contributed by atoms with Crippen LogP contribution in [-0.4, -0.2) is 21.2 Å². The highest BCUT2D eigenvalue weighted by Crippen LogP contribution is 2.23. The highest BCUT2D eigenvalue weighted by molar-refractivity contribution is 7.90. The van der Waals surface area contributed by atoms with Crippen LogP contribution in [0.3, 0.4) is 0 Å². The molecule has 0 saturated heterocycles. The molecule has 2 rings (SSSR count). The molecule has 2 aromatic carbocycles. The van der Waals surface area contributed by atoms with Crippen LogP contribution in [0.15, 0.2) is 59.5 Å². The van der Waals surface area contributed by atoms with Crippen molar-refractivity contribution in [2.45, 2.75) is 17.9 Å². The van der Waals surface area contributed by atoms with Gasteiger partial charge in [-0.05, 0) is 29.8 Å². The summed E-state index contributed by atoms with van der Waals surface area (Å²) in [6.45, 7) is 2.90. The van der Waals surface area contributed by atoms with Gasteiger partial charge in [-0.25, -0.2) is 8.42 Å². The zero-order chi connectivity index (χ0) is 14.6. The third-order valence-electron chi connectivity index (χ3n) is 3.18. The monoisotopic (exact) mass is 289 g/mol. The van der Waals surface area contributed by atoms with Gasteiger partial charge in [0.2, 0.25) is 0 Å².